The zero-order chi connectivity index (χ0) is 9.68. The first-order chi connectivity index (χ1) is 6.20. The summed E-state index contributed by atoms with van der Waals surface area (Å²) >= 11 is 10.3. The number of amides is 2. The van der Waals surface area contributed by atoms with E-state index in [1.807, 2.05) is 18.2 Å². The van der Waals surface area contributed by atoms with E-state index in [4.69, 9.17) is 23.6 Å². The lowest BCUT2D eigenvalue weighted by Crippen LogP contribution is -2.33. The smallest absolute Gasteiger partial charge is 0.297 e. The number of hydrazine groups is 1. The third-order valence-electron chi connectivity index (χ3n) is 1.24. The second-order valence-corrected chi connectivity index (χ2v) is 3.00. The van der Waals surface area contributed by atoms with Gasteiger partial charge in [-0.15, -0.1) is 3.94 Å². The molecule has 0 spiro atoms. The molecule has 1 rings (SSSR count). The van der Waals surface area contributed by atoms with Crippen molar-refractivity contribution in [3.8, 4) is 0 Å². The molecule has 0 heterocycles. The zero-order valence-electron chi connectivity index (χ0n) is 6.50. The monoisotopic (exact) mass is 219 g/mol. The molecule has 2 N–H and O–H groups in total. The van der Waals surface area contributed by atoms with Crippen molar-refractivity contribution in [2.75, 3.05) is 5.43 Å². The van der Waals surface area contributed by atoms with E-state index >= 15 is 0 Å². The molecule has 0 saturated heterocycles. The van der Waals surface area contributed by atoms with Crippen LogP contribution in [0.1, 0.15) is 0 Å². The summed E-state index contributed by atoms with van der Waals surface area (Å²) in [7, 11) is 0. The Labute approximate surface area is 85.6 Å². The van der Waals surface area contributed by atoms with E-state index in [9.17, 15) is 4.79 Å². The van der Waals surface area contributed by atoms with Crippen molar-refractivity contribution in [3.63, 3.8) is 0 Å². The minimum Gasteiger partial charge on any atom is -0.297 e. The lowest BCUT2D eigenvalue weighted by molar-refractivity contribution is 0.238. The van der Waals surface area contributed by atoms with Crippen LogP contribution in [0.15, 0.2) is 30.3 Å². The lowest BCUT2D eigenvalue weighted by Gasteiger charge is -2.08. The number of nitrogens with one attached hydrogen (secondary N) is 2. The molecular formula is C7H7Cl2N3O. The Bertz CT molecular complexity index is 278. The molecule has 0 unspecified atom stereocenters. The van der Waals surface area contributed by atoms with Gasteiger partial charge >= 0.3 is 6.03 Å². The van der Waals surface area contributed by atoms with Crippen LogP contribution < -0.4 is 10.9 Å². The molecule has 13 heavy (non-hydrogen) atoms. The third-order valence-corrected chi connectivity index (χ3v) is 1.55. The van der Waals surface area contributed by atoms with E-state index in [0.29, 0.717) is 3.94 Å². The molecular weight excluding hydrogens is 213 g/mol. The molecule has 0 aliphatic heterocycles. The van der Waals surface area contributed by atoms with Crippen molar-refractivity contribution in [3.05, 3.63) is 30.3 Å². The Morgan fingerprint density at radius 3 is 2.38 bits per heavy atom. The first-order valence-electron chi connectivity index (χ1n) is 3.43. The SMILES string of the molecule is O=C(NNc1ccccc1)N(Cl)Cl. The number of rotatable bonds is 2. The van der Waals surface area contributed by atoms with E-state index in [2.05, 4.69) is 10.9 Å². The summed E-state index contributed by atoms with van der Waals surface area (Å²) < 4.78 is 0.399. The second-order valence-electron chi connectivity index (χ2n) is 2.15. The number of carbonyl (C=O) groups is 1. The molecule has 0 radical (unpaired) electrons. The number of para-hydroxylation sites is 1. The van der Waals surface area contributed by atoms with Gasteiger partial charge in [0.1, 0.15) is 0 Å². The molecule has 1 aromatic carbocycles. The maximum Gasteiger partial charge on any atom is 0.365 e. The molecule has 2 amide bonds. The molecule has 4 nitrogen and oxygen atoms in total. The minimum absolute atomic E-state index is 0.399. The maximum absolute atomic E-state index is 10.8. The summed E-state index contributed by atoms with van der Waals surface area (Å²) in [6, 6.07) is 8.44. The number of hydrogen-bond donors (Lipinski definition) is 2. The van der Waals surface area contributed by atoms with Gasteiger partial charge in [0.25, 0.3) is 0 Å². The summed E-state index contributed by atoms with van der Waals surface area (Å²) in [5.74, 6) is 0. The topological polar surface area (TPSA) is 44.4 Å². The number of halogens is 2. The van der Waals surface area contributed by atoms with Gasteiger partial charge in [-0.25, -0.2) is 10.2 Å². The van der Waals surface area contributed by atoms with Crippen LogP contribution in [-0.4, -0.2) is 9.97 Å². The Morgan fingerprint density at radius 2 is 1.85 bits per heavy atom. The van der Waals surface area contributed by atoms with Crippen molar-refractivity contribution in [1.29, 1.82) is 0 Å². The van der Waals surface area contributed by atoms with Gasteiger partial charge in [-0.3, -0.25) is 5.43 Å². The first-order valence-corrected chi connectivity index (χ1v) is 4.10. The molecule has 0 fully saturated rings. The maximum atomic E-state index is 10.8. The number of hydrogen-bond acceptors (Lipinski definition) is 2. The highest BCUT2D eigenvalue weighted by Gasteiger charge is 2.05. The minimum atomic E-state index is -0.646. The summed E-state index contributed by atoms with van der Waals surface area (Å²) in [6.07, 6.45) is 0. The van der Waals surface area contributed by atoms with E-state index in [-0.39, 0.29) is 0 Å². The van der Waals surface area contributed by atoms with Crippen molar-refractivity contribution in [1.82, 2.24) is 9.36 Å². The Kier molecular flexibility index (Phi) is 3.67. The Morgan fingerprint density at radius 1 is 1.23 bits per heavy atom. The first kappa shape index (κ1) is 9.95. The molecule has 0 aromatic heterocycles. The summed E-state index contributed by atoms with van der Waals surface area (Å²) in [4.78, 5) is 10.8. The highest BCUT2D eigenvalue weighted by molar-refractivity contribution is 6.41. The standard InChI is InChI=1S/C7H7Cl2N3O/c8-12(9)7(13)11-10-6-4-2-1-3-5-6/h1-5,10H,(H,11,13). The summed E-state index contributed by atoms with van der Waals surface area (Å²) in [5.41, 5.74) is 5.63. The number of nitrogens with zero attached hydrogens (tertiary/aromatic N) is 1. The van der Waals surface area contributed by atoms with Gasteiger partial charge in [0.2, 0.25) is 0 Å². The number of anilines is 1. The van der Waals surface area contributed by atoms with Crippen molar-refractivity contribution in [2.45, 2.75) is 0 Å². The third kappa shape index (κ3) is 3.40. The average molecular weight is 220 g/mol. The van der Waals surface area contributed by atoms with E-state index < -0.39 is 6.03 Å². The van der Waals surface area contributed by atoms with Crippen LogP contribution in [0.25, 0.3) is 0 Å². The molecule has 70 valence electrons. The van der Waals surface area contributed by atoms with Crippen LogP contribution in [0.5, 0.6) is 0 Å². The van der Waals surface area contributed by atoms with Gasteiger partial charge < -0.3 is 0 Å². The van der Waals surface area contributed by atoms with E-state index in [0.717, 1.165) is 5.69 Å². The fourth-order valence-corrected chi connectivity index (χ4v) is 0.774. The average Bonchev–Trinajstić information content (AvgIpc) is 2.15. The van der Waals surface area contributed by atoms with Crippen LogP contribution in [0.2, 0.25) is 0 Å². The molecule has 0 atom stereocenters. The van der Waals surface area contributed by atoms with Crippen LogP contribution in [-0.2, 0) is 0 Å². The van der Waals surface area contributed by atoms with Crippen LogP contribution >= 0.6 is 23.6 Å². The molecule has 0 bridgehead atoms. The Balaban J connectivity index is 2.40. The fraction of sp³-hybridized carbons (Fsp3) is 0. The number of carbonyl (C=O) groups excluding carboxylic acids is 1. The van der Waals surface area contributed by atoms with Gasteiger partial charge in [-0.05, 0) is 12.1 Å². The molecule has 0 aliphatic carbocycles. The van der Waals surface area contributed by atoms with Gasteiger partial charge in [-0.1, -0.05) is 18.2 Å². The van der Waals surface area contributed by atoms with Crippen LogP contribution in [0.4, 0.5) is 10.5 Å². The van der Waals surface area contributed by atoms with Crippen LogP contribution in [0.3, 0.4) is 0 Å². The van der Waals surface area contributed by atoms with Crippen molar-refractivity contribution >= 4 is 35.3 Å². The van der Waals surface area contributed by atoms with Gasteiger partial charge in [0, 0.05) is 23.6 Å². The normalized spacial score (nSPS) is 9.08. The van der Waals surface area contributed by atoms with E-state index in [1.54, 1.807) is 12.1 Å². The molecule has 6 heteroatoms. The van der Waals surface area contributed by atoms with E-state index in [1.165, 1.54) is 0 Å². The molecule has 0 saturated carbocycles. The van der Waals surface area contributed by atoms with Gasteiger partial charge in [-0.2, -0.15) is 0 Å². The summed E-state index contributed by atoms with van der Waals surface area (Å²) in [6.45, 7) is 0. The number of benzene rings is 1. The highest BCUT2D eigenvalue weighted by atomic mass is 35.5. The predicted octanol–water partition coefficient (Wildman–Crippen LogP) is 2.33. The van der Waals surface area contributed by atoms with Crippen molar-refractivity contribution < 1.29 is 4.79 Å². The largest absolute Gasteiger partial charge is 0.365 e. The Hall–Kier alpha value is -1.13. The molecule has 0 aliphatic rings. The van der Waals surface area contributed by atoms with Crippen LogP contribution in [0, 0.1) is 0 Å². The number of urea groups is 1. The summed E-state index contributed by atoms with van der Waals surface area (Å²) in [5, 5.41) is 0. The lowest BCUT2D eigenvalue weighted by atomic mass is 10.3. The fourth-order valence-electron chi connectivity index (χ4n) is 0.689. The highest BCUT2D eigenvalue weighted by Crippen LogP contribution is 2.04. The predicted molar refractivity (Wildman–Crippen MR) is 52.1 cm³/mol. The van der Waals surface area contributed by atoms with Gasteiger partial charge in [0.15, 0.2) is 0 Å². The quantitative estimate of drug-likeness (QED) is 0.593. The van der Waals surface area contributed by atoms with Gasteiger partial charge in [0.05, 0.1) is 5.69 Å². The zero-order valence-corrected chi connectivity index (χ0v) is 8.01. The van der Waals surface area contributed by atoms with Crippen molar-refractivity contribution in [2.24, 2.45) is 0 Å². The second kappa shape index (κ2) is 4.79. The molecule has 1 aromatic rings.